The lowest BCUT2D eigenvalue weighted by Gasteiger charge is -2.11. The molecule has 0 aliphatic heterocycles. The summed E-state index contributed by atoms with van der Waals surface area (Å²) >= 11 is 0. The van der Waals surface area contributed by atoms with Gasteiger partial charge in [-0.25, -0.2) is 13.1 Å². The second kappa shape index (κ2) is 4.99. The maximum absolute atomic E-state index is 12.1. The maximum atomic E-state index is 12.1. The Kier molecular flexibility index (Phi) is 3.87. The van der Waals surface area contributed by atoms with E-state index in [0.29, 0.717) is 10.9 Å². The molecule has 1 aromatic carbocycles. The van der Waals surface area contributed by atoms with Crippen molar-refractivity contribution in [3.05, 3.63) is 24.3 Å². The summed E-state index contributed by atoms with van der Waals surface area (Å²) < 4.78 is 26.7. The highest BCUT2D eigenvalue weighted by atomic mass is 32.2. The van der Waals surface area contributed by atoms with Crippen molar-refractivity contribution in [3.8, 4) is 0 Å². The number of sulfonamides is 1. The van der Waals surface area contributed by atoms with E-state index in [-0.39, 0.29) is 16.9 Å². The Labute approximate surface area is 128 Å². The van der Waals surface area contributed by atoms with E-state index in [4.69, 9.17) is 0 Å². The second-order valence-corrected chi connectivity index (χ2v) is 9.04. The van der Waals surface area contributed by atoms with Gasteiger partial charge in [0.1, 0.15) is 0 Å². The zero-order chi connectivity index (χ0) is 16.1. The molecule has 4 nitrogen and oxygen atoms in total. The molecule has 0 bridgehead atoms. The van der Waals surface area contributed by atoms with Gasteiger partial charge in [-0.2, -0.15) is 0 Å². The van der Waals surface area contributed by atoms with Crippen LogP contribution in [0.1, 0.15) is 41.5 Å². The molecule has 21 heavy (non-hydrogen) atoms. The number of benzene rings is 1. The Bertz CT molecular complexity index is 602. The van der Waals surface area contributed by atoms with E-state index in [0.717, 1.165) is 5.69 Å². The van der Waals surface area contributed by atoms with Crippen molar-refractivity contribution in [1.29, 1.82) is 0 Å². The van der Waals surface area contributed by atoms with Gasteiger partial charge < -0.3 is 5.32 Å². The fourth-order valence-corrected chi connectivity index (χ4v) is 4.08. The average molecular weight is 310 g/mol. The Balaban J connectivity index is 2.11. The first-order valence-electron chi connectivity index (χ1n) is 7.37. The summed E-state index contributed by atoms with van der Waals surface area (Å²) in [5.41, 5.74) is 1.45. The molecular formula is C16H26N2O2S. The van der Waals surface area contributed by atoms with Crippen LogP contribution in [-0.2, 0) is 10.0 Å². The van der Waals surface area contributed by atoms with Crippen molar-refractivity contribution < 1.29 is 8.42 Å². The third-order valence-corrected chi connectivity index (χ3v) is 6.56. The summed E-state index contributed by atoms with van der Waals surface area (Å²) in [6.45, 7) is 12.6. The fourth-order valence-electron chi connectivity index (χ4n) is 2.83. The molecule has 2 N–H and O–H groups in total. The van der Waals surface area contributed by atoms with Crippen LogP contribution in [0.5, 0.6) is 0 Å². The Morgan fingerprint density at radius 3 is 1.86 bits per heavy atom. The minimum absolute atomic E-state index is 0.110. The zero-order valence-corrected chi connectivity index (χ0v) is 14.5. The molecule has 2 rings (SSSR count). The third kappa shape index (κ3) is 2.94. The Hall–Kier alpha value is -1.07. The van der Waals surface area contributed by atoms with Gasteiger partial charge in [0.2, 0.25) is 10.0 Å². The van der Waals surface area contributed by atoms with Crippen LogP contribution >= 0.6 is 0 Å². The van der Waals surface area contributed by atoms with Crippen LogP contribution in [0.2, 0.25) is 0 Å². The fraction of sp³-hybridized carbons (Fsp3) is 0.625. The van der Waals surface area contributed by atoms with Crippen molar-refractivity contribution in [2.24, 2.45) is 10.8 Å². The Morgan fingerprint density at radius 2 is 1.48 bits per heavy atom. The third-order valence-electron chi connectivity index (χ3n) is 4.89. The van der Waals surface area contributed by atoms with E-state index in [2.05, 4.69) is 37.7 Å². The first-order chi connectivity index (χ1) is 9.48. The first-order valence-corrected chi connectivity index (χ1v) is 8.86. The van der Waals surface area contributed by atoms with E-state index < -0.39 is 10.0 Å². The highest BCUT2D eigenvalue weighted by Gasteiger charge is 2.64. The second-order valence-electron chi connectivity index (χ2n) is 7.32. The number of hydrogen-bond acceptors (Lipinski definition) is 3. The minimum Gasteiger partial charge on any atom is -0.381 e. The number of anilines is 1. The van der Waals surface area contributed by atoms with Crippen molar-refractivity contribution in [2.75, 3.05) is 5.32 Å². The molecule has 118 valence electrons. The van der Waals surface area contributed by atoms with Crippen molar-refractivity contribution >= 4 is 15.7 Å². The van der Waals surface area contributed by atoms with Gasteiger partial charge in [-0.3, -0.25) is 0 Å². The van der Waals surface area contributed by atoms with Gasteiger partial charge in [0, 0.05) is 17.8 Å². The molecule has 0 saturated heterocycles. The smallest absolute Gasteiger partial charge is 0.240 e. The standard InChI is InChI=1S/C16H26N2O2S/c1-11(2)18-21(19,20)13-9-7-12(8-10-13)17-14-15(3,4)16(14,5)6/h7-11,14,17-18H,1-6H3. The lowest BCUT2D eigenvalue weighted by molar-refractivity contribution is 0.457. The molecule has 0 amide bonds. The topological polar surface area (TPSA) is 58.2 Å². The quantitative estimate of drug-likeness (QED) is 0.878. The first kappa shape index (κ1) is 16.3. The highest BCUT2D eigenvalue weighted by Crippen LogP contribution is 2.63. The minimum atomic E-state index is -3.41. The van der Waals surface area contributed by atoms with Gasteiger partial charge in [0.15, 0.2) is 0 Å². The summed E-state index contributed by atoms with van der Waals surface area (Å²) in [4.78, 5) is 0.302. The highest BCUT2D eigenvalue weighted by molar-refractivity contribution is 7.89. The van der Waals surface area contributed by atoms with Gasteiger partial charge >= 0.3 is 0 Å². The summed E-state index contributed by atoms with van der Waals surface area (Å²) in [6.07, 6.45) is 0. The van der Waals surface area contributed by atoms with Crippen LogP contribution in [-0.4, -0.2) is 20.5 Å². The Morgan fingerprint density at radius 1 is 1.00 bits per heavy atom. The number of hydrogen-bond donors (Lipinski definition) is 2. The normalized spacial score (nSPS) is 20.5. The molecule has 0 unspecified atom stereocenters. The monoisotopic (exact) mass is 310 g/mol. The molecular weight excluding hydrogens is 284 g/mol. The van der Waals surface area contributed by atoms with Crippen molar-refractivity contribution in [2.45, 2.75) is 58.5 Å². The summed E-state index contributed by atoms with van der Waals surface area (Å²) in [5, 5.41) is 3.50. The van der Waals surface area contributed by atoms with E-state index in [9.17, 15) is 8.42 Å². The molecule has 0 spiro atoms. The van der Waals surface area contributed by atoms with E-state index in [1.165, 1.54) is 0 Å². The zero-order valence-electron chi connectivity index (χ0n) is 13.7. The van der Waals surface area contributed by atoms with E-state index in [1.54, 1.807) is 12.1 Å². The van der Waals surface area contributed by atoms with Crippen LogP contribution in [0.3, 0.4) is 0 Å². The number of rotatable bonds is 5. The molecule has 1 fully saturated rings. The molecule has 1 aromatic rings. The molecule has 5 heteroatoms. The van der Waals surface area contributed by atoms with Crippen LogP contribution in [0.15, 0.2) is 29.2 Å². The van der Waals surface area contributed by atoms with Crippen LogP contribution in [0.4, 0.5) is 5.69 Å². The SMILES string of the molecule is CC(C)NS(=O)(=O)c1ccc(NC2C(C)(C)C2(C)C)cc1. The van der Waals surface area contributed by atoms with Crippen molar-refractivity contribution in [1.82, 2.24) is 4.72 Å². The maximum Gasteiger partial charge on any atom is 0.240 e. The predicted octanol–water partition coefficient (Wildman–Crippen LogP) is 3.22. The molecule has 0 heterocycles. The summed E-state index contributed by atoms with van der Waals surface area (Å²) in [5.74, 6) is 0. The summed E-state index contributed by atoms with van der Waals surface area (Å²) in [6, 6.07) is 7.26. The lowest BCUT2D eigenvalue weighted by atomic mass is 10.0. The van der Waals surface area contributed by atoms with Crippen molar-refractivity contribution in [3.63, 3.8) is 0 Å². The molecule has 1 aliphatic carbocycles. The van der Waals surface area contributed by atoms with Crippen LogP contribution in [0.25, 0.3) is 0 Å². The van der Waals surface area contributed by atoms with Gasteiger partial charge in [-0.05, 0) is 48.9 Å². The largest absolute Gasteiger partial charge is 0.381 e. The molecule has 0 radical (unpaired) electrons. The van der Waals surface area contributed by atoms with Gasteiger partial charge in [-0.15, -0.1) is 0 Å². The molecule has 0 aromatic heterocycles. The van der Waals surface area contributed by atoms with Crippen LogP contribution < -0.4 is 10.0 Å². The summed E-state index contributed by atoms with van der Waals surface area (Å²) in [7, 11) is -3.41. The van der Waals surface area contributed by atoms with Crippen LogP contribution in [0, 0.1) is 10.8 Å². The van der Waals surface area contributed by atoms with E-state index >= 15 is 0 Å². The average Bonchev–Trinajstić information content (AvgIpc) is 2.71. The van der Waals surface area contributed by atoms with Gasteiger partial charge in [0.25, 0.3) is 0 Å². The lowest BCUT2D eigenvalue weighted by Crippen LogP contribution is -2.30. The van der Waals surface area contributed by atoms with Gasteiger partial charge in [0.05, 0.1) is 4.90 Å². The molecule has 1 saturated carbocycles. The van der Waals surface area contributed by atoms with Gasteiger partial charge in [-0.1, -0.05) is 27.7 Å². The molecule has 1 aliphatic rings. The molecule has 0 atom stereocenters. The number of nitrogens with one attached hydrogen (secondary N) is 2. The predicted molar refractivity (Wildman–Crippen MR) is 86.9 cm³/mol. The van der Waals surface area contributed by atoms with E-state index in [1.807, 2.05) is 26.0 Å².